The minimum absolute atomic E-state index is 0.0918. The van der Waals surface area contributed by atoms with Gasteiger partial charge in [-0.3, -0.25) is 14.4 Å². The summed E-state index contributed by atoms with van der Waals surface area (Å²) in [5, 5.41) is 2.99. The molecule has 128 valence electrons. The molecule has 0 spiro atoms. The van der Waals surface area contributed by atoms with Crippen LogP contribution in [0.25, 0.3) is 0 Å². The number of hydrogen-bond donors (Lipinski definition) is 1. The van der Waals surface area contributed by atoms with Gasteiger partial charge in [0.25, 0.3) is 0 Å². The summed E-state index contributed by atoms with van der Waals surface area (Å²) in [6, 6.07) is 9.60. The zero-order valence-corrected chi connectivity index (χ0v) is 13.9. The van der Waals surface area contributed by atoms with Crippen LogP contribution in [0.4, 0.5) is 0 Å². The van der Waals surface area contributed by atoms with Crippen LogP contribution in [0.5, 0.6) is 0 Å². The molecule has 3 rings (SSSR count). The van der Waals surface area contributed by atoms with Crippen molar-refractivity contribution in [1.29, 1.82) is 0 Å². The first kappa shape index (κ1) is 16.5. The summed E-state index contributed by atoms with van der Waals surface area (Å²) in [6.07, 6.45) is 2.02. The summed E-state index contributed by atoms with van der Waals surface area (Å²) >= 11 is 0. The second-order valence-electron chi connectivity index (χ2n) is 6.62. The second-order valence-corrected chi connectivity index (χ2v) is 6.62. The predicted molar refractivity (Wildman–Crippen MR) is 88.9 cm³/mol. The van der Waals surface area contributed by atoms with Gasteiger partial charge in [-0.05, 0) is 25.3 Å². The number of carbonyl (C=O) groups is 3. The van der Waals surface area contributed by atoms with E-state index in [2.05, 4.69) is 5.32 Å². The zero-order valence-electron chi connectivity index (χ0n) is 13.9. The fraction of sp³-hybridized carbons (Fsp3) is 0.500. The molecule has 0 bridgehead atoms. The number of benzene rings is 1. The van der Waals surface area contributed by atoms with E-state index in [1.807, 2.05) is 37.3 Å². The van der Waals surface area contributed by atoms with Gasteiger partial charge in [0, 0.05) is 26.2 Å². The Kier molecular flexibility index (Phi) is 4.55. The van der Waals surface area contributed by atoms with Crippen molar-refractivity contribution < 1.29 is 14.4 Å². The van der Waals surface area contributed by atoms with Gasteiger partial charge in [0.05, 0.1) is 6.04 Å². The largest absolute Gasteiger partial charge is 0.349 e. The van der Waals surface area contributed by atoms with E-state index >= 15 is 0 Å². The third-order valence-corrected chi connectivity index (χ3v) is 4.99. The van der Waals surface area contributed by atoms with E-state index in [0.29, 0.717) is 39.0 Å². The lowest BCUT2D eigenvalue weighted by molar-refractivity contribution is -0.146. The highest BCUT2D eigenvalue weighted by molar-refractivity contribution is 6.08. The van der Waals surface area contributed by atoms with Crippen LogP contribution in [-0.4, -0.2) is 54.2 Å². The Morgan fingerprint density at radius 1 is 1.12 bits per heavy atom. The van der Waals surface area contributed by atoms with E-state index in [-0.39, 0.29) is 17.9 Å². The maximum Gasteiger partial charge on any atom is 0.238 e. The van der Waals surface area contributed by atoms with E-state index in [9.17, 15) is 14.4 Å². The number of rotatable bonds is 5. The number of nitrogens with zero attached hydrogens (tertiary/aromatic N) is 2. The van der Waals surface area contributed by atoms with Crippen LogP contribution in [0.2, 0.25) is 0 Å². The standard InChI is InChI=1S/C18H23N3O3/c1-14(15-5-3-2-4-6-15)19-16(23)18(7-8-18)17(24)21-11-9-20(13-22)10-12-21/h2-6,13-14H,7-12H2,1H3,(H,19,23). The van der Waals surface area contributed by atoms with Crippen molar-refractivity contribution in [3.63, 3.8) is 0 Å². The van der Waals surface area contributed by atoms with Crippen molar-refractivity contribution in [2.24, 2.45) is 5.41 Å². The molecule has 2 aliphatic rings. The minimum atomic E-state index is -0.896. The molecule has 3 amide bonds. The molecule has 24 heavy (non-hydrogen) atoms. The van der Waals surface area contributed by atoms with E-state index < -0.39 is 5.41 Å². The molecule has 0 aromatic heterocycles. The molecule has 1 saturated heterocycles. The SMILES string of the molecule is CC(NC(=O)C1(C(=O)N2CCN(C=O)CC2)CC1)c1ccccc1. The van der Waals surface area contributed by atoms with Gasteiger partial charge in [-0.15, -0.1) is 0 Å². The first-order valence-corrected chi connectivity index (χ1v) is 8.41. The van der Waals surface area contributed by atoms with Gasteiger partial charge >= 0.3 is 0 Å². The molecule has 1 aliphatic heterocycles. The monoisotopic (exact) mass is 329 g/mol. The molecule has 6 heteroatoms. The molecule has 1 N–H and O–H groups in total. The van der Waals surface area contributed by atoms with Crippen molar-refractivity contribution in [3.05, 3.63) is 35.9 Å². The van der Waals surface area contributed by atoms with Gasteiger partial charge in [0.2, 0.25) is 18.2 Å². The fourth-order valence-corrected chi connectivity index (χ4v) is 3.16. The second kappa shape index (κ2) is 6.63. The average Bonchev–Trinajstić information content (AvgIpc) is 3.44. The zero-order chi connectivity index (χ0) is 17.2. The Bertz CT molecular complexity index is 620. The normalized spacial score (nSPS) is 20.2. The minimum Gasteiger partial charge on any atom is -0.349 e. The van der Waals surface area contributed by atoms with Crippen LogP contribution in [0.3, 0.4) is 0 Å². The molecule has 1 aliphatic carbocycles. The summed E-state index contributed by atoms with van der Waals surface area (Å²) in [4.78, 5) is 39.6. The maximum atomic E-state index is 12.8. The van der Waals surface area contributed by atoms with Crippen molar-refractivity contribution in [1.82, 2.24) is 15.1 Å². The lowest BCUT2D eigenvalue weighted by Crippen LogP contribution is -2.53. The highest BCUT2D eigenvalue weighted by Crippen LogP contribution is 2.48. The average molecular weight is 329 g/mol. The highest BCUT2D eigenvalue weighted by Gasteiger charge is 2.58. The topological polar surface area (TPSA) is 69.7 Å². The first-order valence-electron chi connectivity index (χ1n) is 8.41. The van der Waals surface area contributed by atoms with Gasteiger partial charge in [0.1, 0.15) is 5.41 Å². The van der Waals surface area contributed by atoms with Crippen molar-refractivity contribution in [2.45, 2.75) is 25.8 Å². The van der Waals surface area contributed by atoms with Gasteiger partial charge in [-0.25, -0.2) is 0 Å². The molecule has 6 nitrogen and oxygen atoms in total. The lowest BCUT2D eigenvalue weighted by Gasteiger charge is -2.34. The van der Waals surface area contributed by atoms with E-state index in [4.69, 9.17) is 0 Å². The quantitative estimate of drug-likeness (QED) is 0.646. The molecular formula is C18H23N3O3. The Morgan fingerprint density at radius 3 is 2.29 bits per heavy atom. The molecule has 1 heterocycles. The summed E-state index contributed by atoms with van der Waals surface area (Å²) < 4.78 is 0. The van der Waals surface area contributed by atoms with Crippen LogP contribution < -0.4 is 5.32 Å². The van der Waals surface area contributed by atoms with Crippen molar-refractivity contribution in [2.75, 3.05) is 26.2 Å². The number of amides is 3. The number of hydrogen-bond acceptors (Lipinski definition) is 3. The lowest BCUT2D eigenvalue weighted by atomic mass is 10.0. The summed E-state index contributed by atoms with van der Waals surface area (Å²) in [7, 11) is 0. The van der Waals surface area contributed by atoms with Crippen molar-refractivity contribution in [3.8, 4) is 0 Å². The van der Waals surface area contributed by atoms with Gasteiger partial charge in [-0.2, -0.15) is 0 Å². The molecule has 2 fully saturated rings. The first-order chi connectivity index (χ1) is 11.6. The molecular weight excluding hydrogens is 306 g/mol. The van der Waals surface area contributed by atoms with Gasteiger partial charge < -0.3 is 15.1 Å². The summed E-state index contributed by atoms with van der Waals surface area (Å²) in [6.45, 7) is 4.00. The van der Waals surface area contributed by atoms with Crippen LogP contribution in [-0.2, 0) is 14.4 Å². The van der Waals surface area contributed by atoms with Gasteiger partial charge in [0.15, 0.2) is 0 Å². The fourth-order valence-electron chi connectivity index (χ4n) is 3.16. The van der Waals surface area contributed by atoms with Crippen LogP contribution >= 0.6 is 0 Å². The molecule has 1 aromatic carbocycles. The number of piperazine rings is 1. The van der Waals surface area contributed by atoms with E-state index in [0.717, 1.165) is 12.0 Å². The molecule has 1 aromatic rings. The maximum absolute atomic E-state index is 12.8. The van der Waals surface area contributed by atoms with E-state index in [1.54, 1.807) is 9.80 Å². The summed E-state index contributed by atoms with van der Waals surface area (Å²) in [5.74, 6) is -0.271. The van der Waals surface area contributed by atoms with Crippen LogP contribution in [0.15, 0.2) is 30.3 Å². The Hall–Kier alpha value is -2.37. The number of carbonyl (C=O) groups excluding carboxylic acids is 3. The van der Waals surface area contributed by atoms with E-state index in [1.165, 1.54) is 0 Å². The third kappa shape index (κ3) is 3.13. The van der Waals surface area contributed by atoms with Gasteiger partial charge in [-0.1, -0.05) is 30.3 Å². The predicted octanol–water partition coefficient (Wildman–Crippen LogP) is 0.945. The van der Waals surface area contributed by atoms with Crippen molar-refractivity contribution >= 4 is 18.2 Å². The Morgan fingerprint density at radius 2 is 1.75 bits per heavy atom. The highest BCUT2D eigenvalue weighted by atomic mass is 16.2. The van der Waals surface area contributed by atoms with Crippen LogP contribution in [0.1, 0.15) is 31.4 Å². The number of nitrogens with one attached hydrogen (secondary N) is 1. The smallest absolute Gasteiger partial charge is 0.238 e. The Labute approximate surface area is 141 Å². The molecule has 1 saturated carbocycles. The Balaban J connectivity index is 1.62. The molecule has 0 radical (unpaired) electrons. The molecule has 1 atom stereocenters. The van der Waals surface area contributed by atoms with Crippen LogP contribution in [0, 0.1) is 5.41 Å². The third-order valence-electron chi connectivity index (χ3n) is 4.99. The molecule has 1 unspecified atom stereocenters. The summed E-state index contributed by atoms with van der Waals surface area (Å²) in [5.41, 5.74) is 0.126.